The lowest BCUT2D eigenvalue weighted by Gasteiger charge is -2.12. The first-order valence-electron chi connectivity index (χ1n) is 5.05. The molecule has 5 nitrogen and oxygen atoms in total. The molecule has 104 valence electrons. The van der Waals surface area contributed by atoms with Gasteiger partial charge < -0.3 is 15.2 Å². The molecule has 0 aliphatic heterocycles. The fourth-order valence-electron chi connectivity index (χ4n) is 1.25. The Balaban J connectivity index is 2.80. The molecule has 0 aliphatic rings. The number of aliphatic carboxylic acids is 1. The Morgan fingerprint density at radius 1 is 1.32 bits per heavy atom. The van der Waals surface area contributed by atoms with Crippen molar-refractivity contribution in [3.8, 4) is 0 Å². The number of rotatable bonds is 5. The number of hydrogen-bond donors (Lipinski definition) is 2. The van der Waals surface area contributed by atoms with Gasteiger partial charge >= 0.3 is 5.97 Å². The van der Waals surface area contributed by atoms with E-state index in [1.165, 1.54) is 0 Å². The van der Waals surface area contributed by atoms with E-state index in [1.54, 1.807) is 0 Å². The molecule has 0 radical (unpaired) electrons. The molecule has 0 fully saturated rings. The Morgan fingerprint density at radius 2 is 1.95 bits per heavy atom. The van der Waals surface area contributed by atoms with Gasteiger partial charge in [0, 0.05) is 7.11 Å². The number of benzene rings is 1. The van der Waals surface area contributed by atoms with E-state index in [9.17, 15) is 22.8 Å². The van der Waals surface area contributed by atoms with E-state index in [4.69, 9.17) is 5.11 Å². The average Bonchev–Trinajstić information content (AvgIpc) is 2.36. The lowest BCUT2D eigenvalue weighted by molar-refractivity contribution is -0.148. The molecule has 0 spiro atoms. The van der Waals surface area contributed by atoms with Crippen LogP contribution in [-0.4, -0.2) is 36.7 Å². The summed E-state index contributed by atoms with van der Waals surface area (Å²) in [6.07, 6.45) is -1.32. The Morgan fingerprint density at radius 3 is 2.47 bits per heavy atom. The SMILES string of the molecule is COC(CNC(=O)c1ccc(F)c(F)c1F)C(=O)O. The smallest absolute Gasteiger partial charge is 0.334 e. The number of hydrogen-bond acceptors (Lipinski definition) is 3. The molecule has 1 aromatic rings. The molecule has 1 amide bonds. The quantitative estimate of drug-likeness (QED) is 0.785. The highest BCUT2D eigenvalue weighted by Crippen LogP contribution is 2.14. The van der Waals surface area contributed by atoms with Crippen molar-refractivity contribution >= 4 is 11.9 Å². The van der Waals surface area contributed by atoms with E-state index >= 15 is 0 Å². The standard InChI is InChI=1S/C11H10F3NO4/c1-19-7(11(17)18)4-15-10(16)5-2-3-6(12)9(14)8(5)13/h2-3,7H,4H2,1H3,(H,15,16)(H,17,18). The van der Waals surface area contributed by atoms with Crippen molar-refractivity contribution in [3.05, 3.63) is 35.1 Å². The maximum absolute atomic E-state index is 13.3. The molecule has 1 aromatic carbocycles. The van der Waals surface area contributed by atoms with E-state index in [2.05, 4.69) is 4.74 Å². The third-order valence-corrected chi connectivity index (χ3v) is 2.29. The lowest BCUT2D eigenvalue weighted by atomic mass is 10.2. The highest BCUT2D eigenvalue weighted by Gasteiger charge is 2.21. The zero-order chi connectivity index (χ0) is 14.6. The van der Waals surface area contributed by atoms with Crippen molar-refractivity contribution in [2.45, 2.75) is 6.10 Å². The molecule has 19 heavy (non-hydrogen) atoms. The molecular weight excluding hydrogens is 267 g/mol. The number of carboxylic acids is 1. The first kappa shape index (κ1) is 15.0. The minimum Gasteiger partial charge on any atom is -0.479 e. The second-order valence-corrected chi connectivity index (χ2v) is 3.50. The number of amides is 1. The van der Waals surface area contributed by atoms with Gasteiger partial charge in [-0.2, -0.15) is 0 Å². The van der Waals surface area contributed by atoms with E-state index < -0.39 is 47.5 Å². The summed E-state index contributed by atoms with van der Waals surface area (Å²) in [5, 5.41) is 10.7. The number of carbonyl (C=O) groups excluding carboxylic acids is 1. The Labute approximate surface area is 106 Å². The normalized spacial score (nSPS) is 12.0. The predicted molar refractivity (Wildman–Crippen MR) is 57.1 cm³/mol. The summed E-state index contributed by atoms with van der Waals surface area (Å²) >= 11 is 0. The second-order valence-electron chi connectivity index (χ2n) is 3.50. The van der Waals surface area contributed by atoms with Gasteiger partial charge in [0.25, 0.3) is 5.91 Å². The van der Waals surface area contributed by atoms with Crippen LogP contribution in [0.15, 0.2) is 12.1 Å². The largest absolute Gasteiger partial charge is 0.479 e. The fourth-order valence-corrected chi connectivity index (χ4v) is 1.25. The third kappa shape index (κ3) is 3.44. The van der Waals surface area contributed by atoms with Gasteiger partial charge in [0.2, 0.25) is 0 Å². The van der Waals surface area contributed by atoms with E-state index in [1.807, 2.05) is 5.32 Å². The van der Waals surface area contributed by atoms with Gasteiger partial charge in [-0.1, -0.05) is 0 Å². The first-order chi connectivity index (χ1) is 8.88. The second kappa shape index (κ2) is 6.19. The predicted octanol–water partition coefficient (Wildman–Crippen LogP) is 0.933. The number of carbonyl (C=O) groups is 2. The van der Waals surface area contributed by atoms with Gasteiger partial charge in [-0.3, -0.25) is 4.79 Å². The van der Waals surface area contributed by atoms with Crippen molar-refractivity contribution in [2.75, 3.05) is 13.7 Å². The van der Waals surface area contributed by atoms with E-state index in [0.717, 1.165) is 13.2 Å². The van der Waals surface area contributed by atoms with Crippen molar-refractivity contribution in [3.63, 3.8) is 0 Å². The van der Waals surface area contributed by atoms with E-state index in [-0.39, 0.29) is 0 Å². The van der Waals surface area contributed by atoms with Crippen LogP contribution in [0.1, 0.15) is 10.4 Å². The fraction of sp³-hybridized carbons (Fsp3) is 0.273. The van der Waals surface area contributed by atoms with Crippen LogP contribution >= 0.6 is 0 Å². The summed E-state index contributed by atoms with van der Waals surface area (Å²) in [7, 11) is 1.11. The van der Waals surface area contributed by atoms with Crippen LogP contribution in [-0.2, 0) is 9.53 Å². The van der Waals surface area contributed by atoms with Gasteiger partial charge in [0.05, 0.1) is 12.1 Å². The van der Waals surface area contributed by atoms with Crippen LogP contribution in [0.4, 0.5) is 13.2 Å². The minimum atomic E-state index is -1.77. The molecule has 0 saturated heterocycles. The highest BCUT2D eigenvalue weighted by molar-refractivity contribution is 5.94. The summed E-state index contributed by atoms with van der Waals surface area (Å²) < 4.78 is 43.3. The van der Waals surface area contributed by atoms with Crippen LogP contribution in [0.3, 0.4) is 0 Å². The first-order valence-corrected chi connectivity index (χ1v) is 5.05. The number of nitrogens with one attached hydrogen (secondary N) is 1. The van der Waals surface area contributed by atoms with Crippen LogP contribution in [0.5, 0.6) is 0 Å². The molecule has 2 N–H and O–H groups in total. The highest BCUT2D eigenvalue weighted by atomic mass is 19.2. The monoisotopic (exact) mass is 277 g/mol. The van der Waals surface area contributed by atoms with Gasteiger partial charge in [-0.05, 0) is 12.1 Å². The van der Waals surface area contributed by atoms with Crippen molar-refractivity contribution < 1.29 is 32.6 Å². The Hall–Kier alpha value is -2.09. The van der Waals surface area contributed by atoms with Crippen LogP contribution in [0, 0.1) is 17.5 Å². The molecule has 0 heterocycles. The maximum atomic E-state index is 13.3. The van der Waals surface area contributed by atoms with E-state index in [0.29, 0.717) is 6.07 Å². The number of ether oxygens (including phenoxy) is 1. The summed E-state index contributed by atoms with van der Waals surface area (Å²) in [5.41, 5.74) is -0.723. The zero-order valence-electron chi connectivity index (χ0n) is 9.75. The van der Waals surface area contributed by atoms with Crippen molar-refractivity contribution in [1.29, 1.82) is 0 Å². The maximum Gasteiger partial charge on any atom is 0.334 e. The molecule has 0 aliphatic carbocycles. The number of methoxy groups -OCH3 is 1. The molecule has 1 unspecified atom stereocenters. The Kier molecular flexibility index (Phi) is 4.87. The molecule has 1 rings (SSSR count). The zero-order valence-corrected chi connectivity index (χ0v) is 9.75. The average molecular weight is 277 g/mol. The van der Waals surface area contributed by atoms with Crippen LogP contribution in [0.25, 0.3) is 0 Å². The molecule has 8 heteroatoms. The van der Waals surface area contributed by atoms with Gasteiger partial charge in [0.15, 0.2) is 23.6 Å². The van der Waals surface area contributed by atoms with Crippen LogP contribution in [0.2, 0.25) is 0 Å². The van der Waals surface area contributed by atoms with Gasteiger partial charge in [-0.15, -0.1) is 0 Å². The van der Waals surface area contributed by atoms with Gasteiger partial charge in [-0.25, -0.2) is 18.0 Å². The summed E-state index contributed by atoms with van der Waals surface area (Å²) in [6, 6.07) is 1.35. The summed E-state index contributed by atoms with van der Waals surface area (Å²) in [5.74, 6) is -7.22. The molecule has 0 aromatic heterocycles. The molecule has 0 bridgehead atoms. The third-order valence-electron chi connectivity index (χ3n) is 2.29. The molecular formula is C11H10F3NO4. The Bertz CT molecular complexity index is 507. The lowest BCUT2D eigenvalue weighted by Crippen LogP contribution is -2.38. The molecule has 1 atom stereocenters. The number of carboxylic acid groups (broad SMARTS) is 1. The van der Waals surface area contributed by atoms with Crippen molar-refractivity contribution in [2.24, 2.45) is 0 Å². The topological polar surface area (TPSA) is 75.6 Å². The summed E-state index contributed by atoms with van der Waals surface area (Å²) in [6.45, 7) is -0.441. The van der Waals surface area contributed by atoms with Crippen molar-refractivity contribution in [1.82, 2.24) is 5.32 Å². The van der Waals surface area contributed by atoms with Crippen LogP contribution < -0.4 is 5.32 Å². The number of halogens is 3. The molecule has 0 saturated carbocycles. The summed E-state index contributed by atoms with van der Waals surface area (Å²) in [4.78, 5) is 22.1. The van der Waals surface area contributed by atoms with Gasteiger partial charge in [0.1, 0.15) is 0 Å². The minimum absolute atomic E-state index is 0.441.